The second-order valence-electron chi connectivity index (χ2n) is 8.20. The first-order chi connectivity index (χ1) is 15.2. The van der Waals surface area contributed by atoms with Gasteiger partial charge in [0.15, 0.2) is 11.4 Å². The minimum Gasteiger partial charge on any atom is -0.477 e. The summed E-state index contributed by atoms with van der Waals surface area (Å²) in [6, 6.07) is 1.85. The first kappa shape index (κ1) is 22.2. The molecule has 3 aromatic rings. The highest BCUT2D eigenvalue weighted by Crippen LogP contribution is 2.30. The second kappa shape index (κ2) is 8.83. The number of nitrogens with one attached hydrogen (secondary N) is 2. The van der Waals surface area contributed by atoms with Gasteiger partial charge in [-0.15, -0.1) is 0 Å². The monoisotopic (exact) mass is 463 g/mol. The summed E-state index contributed by atoms with van der Waals surface area (Å²) in [5.41, 5.74) is 0.558. The number of halogens is 1. The van der Waals surface area contributed by atoms with Crippen molar-refractivity contribution in [2.45, 2.75) is 39.5 Å². The Labute approximate surface area is 190 Å². The van der Waals surface area contributed by atoms with Gasteiger partial charge in [-0.05, 0) is 33.8 Å². The zero-order chi connectivity index (χ0) is 22.9. The van der Waals surface area contributed by atoms with Crippen molar-refractivity contribution in [2.24, 2.45) is 0 Å². The number of ether oxygens (including phenoxy) is 3. The zero-order valence-corrected chi connectivity index (χ0v) is 19.1. The van der Waals surface area contributed by atoms with Gasteiger partial charge in [0.05, 0.1) is 37.0 Å². The third-order valence-corrected chi connectivity index (χ3v) is 4.99. The number of morpholine rings is 1. The molecule has 0 saturated carbocycles. The third kappa shape index (κ3) is 4.73. The van der Waals surface area contributed by atoms with Crippen LogP contribution in [0.2, 0.25) is 5.15 Å². The molecule has 0 aliphatic carbocycles. The number of aromatic amines is 1. The van der Waals surface area contributed by atoms with Gasteiger partial charge in [0, 0.05) is 12.7 Å². The summed E-state index contributed by atoms with van der Waals surface area (Å²) in [6.45, 7) is 8.88. The van der Waals surface area contributed by atoms with E-state index in [2.05, 4.69) is 25.4 Å². The second-order valence-corrected chi connectivity index (χ2v) is 8.55. The number of fused-ring (bicyclic) bond motifs is 1. The summed E-state index contributed by atoms with van der Waals surface area (Å²) < 4.78 is 18.4. The molecule has 32 heavy (non-hydrogen) atoms. The highest BCUT2D eigenvalue weighted by atomic mass is 35.5. The van der Waals surface area contributed by atoms with Crippen LogP contribution in [-0.4, -0.2) is 67.6 Å². The molecule has 3 aromatic heterocycles. The molecule has 0 spiro atoms. The minimum atomic E-state index is -0.577. The van der Waals surface area contributed by atoms with E-state index >= 15 is 0 Å². The molecule has 4 heterocycles. The van der Waals surface area contributed by atoms with Gasteiger partial charge in [-0.1, -0.05) is 11.6 Å². The quantitative estimate of drug-likeness (QED) is 0.587. The summed E-state index contributed by atoms with van der Waals surface area (Å²) in [5, 5.41) is 8.51. The molecule has 0 bridgehead atoms. The summed E-state index contributed by atoms with van der Waals surface area (Å²) in [5.74, 6) is 0.776. The van der Waals surface area contributed by atoms with Gasteiger partial charge < -0.3 is 29.4 Å². The average molecular weight is 464 g/mol. The van der Waals surface area contributed by atoms with E-state index in [0.717, 1.165) is 5.39 Å². The maximum Gasteiger partial charge on any atom is 0.410 e. The molecule has 0 radical (unpaired) electrons. The van der Waals surface area contributed by atoms with Crippen LogP contribution in [0.25, 0.3) is 11.0 Å². The van der Waals surface area contributed by atoms with Gasteiger partial charge in [0.1, 0.15) is 11.2 Å². The van der Waals surface area contributed by atoms with Gasteiger partial charge in [-0.25, -0.2) is 9.48 Å². The Kier molecular flexibility index (Phi) is 6.11. The highest BCUT2D eigenvalue weighted by molar-refractivity contribution is 6.32. The number of rotatable bonds is 5. The zero-order valence-electron chi connectivity index (χ0n) is 18.4. The van der Waals surface area contributed by atoms with E-state index in [1.807, 2.05) is 33.8 Å². The Morgan fingerprint density at radius 3 is 2.97 bits per heavy atom. The molecule has 0 aromatic carbocycles. The predicted molar refractivity (Wildman–Crippen MR) is 118 cm³/mol. The van der Waals surface area contributed by atoms with Crippen LogP contribution in [0, 0.1) is 0 Å². The first-order valence-corrected chi connectivity index (χ1v) is 10.7. The minimum absolute atomic E-state index is 0.259. The number of amides is 1. The molecule has 1 amide bonds. The standard InChI is InChI=1S/C20H26ClN7O4/c1-5-30-17-12-6-7-22-16(12)25-18(26-17)24-13-10-23-28(15(13)21)14-11-27(8-9-31-14)19(29)32-20(2,3)4/h6-7,10,14H,5,8-9,11H2,1-4H3,(H2,22,24,25,26). The fraction of sp³-hybridized carbons (Fsp3) is 0.500. The van der Waals surface area contributed by atoms with Crippen molar-refractivity contribution in [2.75, 3.05) is 31.6 Å². The normalized spacial score (nSPS) is 16.9. The molecular weight excluding hydrogens is 438 g/mol. The molecule has 1 atom stereocenters. The van der Waals surface area contributed by atoms with Crippen LogP contribution in [0.1, 0.15) is 33.9 Å². The lowest BCUT2D eigenvalue weighted by Crippen LogP contribution is -2.46. The number of hydrogen-bond donors (Lipinski definition) is 2. The molecule has 1 saturated heterocycles. The molecule has 1 aliphatic heterocycles. The highest BCUT2D eigenvalue weighted by Gasteiger charge is 2.30. The lowest BCUT2D eigenvalue weighted by molar-refractivity contribution is -0.0779. The summed E-state index contributed by atoms with van der Waals surface area (Å²) in [4.78, 5) is 26.0. The van der Waals surface area contributed by atoms with Gasteiger partial charge in [0.2, 0.25) is 11.8 Å². The van der Waals surface area contributed by atoms with E-state index in [1.54, 1.807) is 17.3 Å². The van der Waals surface area contributed by atoms with Crippen molar-refractivity contribution >= 4 is 40.4 Å². The summed E-state index contributed by atoms with van der Waals surface area (Å²) >= 11 is 6.57. The van der Waals surface area contributed by atoms with Crippen LogP contribution >= 0.6 is 11.6 Å². The molecule has 172 valence electrons. The first-order valence-electron chi connectivity index (χ1n) is 10.3. The van der Waals surface area contributed by atoms with Gasteiger partial charge in [-0.3, -0.25) is 0 Å². The molecule has 1 fully saturated rings. The molecule has 4 rings (SSSR count). The van der Waals surface area contributed by atoms with E-state index in [1.165, 1.54) is 4.68 Å². The number of aromatic nitrogens is 5. The van der Waals surface area contributed by atoms with Crippen molar-refractivity contribution < 1.29 is 19.0 Å². The molecule has 1 aliphatic rings. The van der Waals surface area contributed by atoms with E-state index in [0.29, 0.717) is 48.1 Å². The third-order valence-electron chi connectivity index (χ3n) is 4.62. The van der Waals surface area contributed by atoms with Crippen LogP contribution in [-0.2, 0) is 9.47 Å². The average Bonchev–Trinajstić information content (AvgIpc) is 3.34. The smallest absolute Gasteiger partial charge is 0.410 e. The Morgan fingerprint density at radius 2 is 2.22 bits per heavy atom. The fourth-order valence-electron chi connectivity index (χ4n) is 3.24. The van der Waals surface area contributed by atoms with Crippen LogP contribution in [0.15, 0.2) is 18.5 Å². The SMILES string of the molecule is CCOc1nc(Nc2cnn(C3CN(C(=O)OC(C)(C)C)CCO3)c2Cl)nc2[nH]ccc12. The van der Waals surface area contributed by atoms with Crippen molar-refractivity contribution in [1.82, 2.24) is 29.6 Å². The molecule has 12 heteroatoms. The van der Waals surface area contributed by atoms with Crippen LogP contribution < -0.4 is 10.1 Å². The van der Waals surface area contributed by atoms with Crippen LogP contribution in [0.3, 0.4) is 0 Å². The lowest BCUT2D eigenvalue weighted by Gasteiger charge is -2.34. The number of hydrogen-bond acceptors (Lipinski definition) is 8. The summed E-state index contributed by atoms with van der Waals surface area (Å²) in [7, 11) is 0. The van der Waals surface area contributed by atoms with Crippen molar-refractivity contribution in [3.8, 4) is 5.88 Å². The Balaban J connectivity index is 1.51. The number of carbonyl (C=O) groups excluding carboxylic acids is 1. The number of H-pyrrole nitrogens is 1. The molecule has 1 unspecified atom stereocenters. The van der Waals surface area contributed by atoms with Crippen molar-refractivity contribution in [1.29, 1.82) is 0 Å². The topological polar surface area (TPSA) is 119 Å². The molecule has 2 N–H and O–H groups in total. The van der Waals surface area contributed by atoms with E-state index in [4.69, 9.17) is 25.8 Å². The van der Waals surface area contributed by atoms with E-state index in [9.17, 15) is 4.79 Å². The molecule has 11 nitrogen and oxygen atoms in total. The number of nitrogens with zero attached hydrogens (tertiary/aromatic N) is 5. The largest absolute Gasteiger partial charge is 0.477 e. The Hall–Kier alpha value is -3.05. The number of carbonyl (C=O) groups is 1. The maximum atomic E-state index is 12.4. The summed E-state index contributed by atoms with van der Waals surface area (Å²) in [6.07, 6.45) is 2.38. The van der Waals surface area contributed by atoms with Crippen molar-refractivity contribution in [3.63, 3.8) is 0 Å². The predicted octanol–water partition coefficient (Wildman–Crippen LogP) is 3.72. The number of anilines is 2. The van der Waals surface area contributed by atoms with Crippen LogP contribution in [0.4, 0.5) is 16.4 Å². The van der Waals surface area contributed by atoms with E-state index < -0.39 is 17.9 Å². The maximum absolute atomic E-state index is 12.4. The molecular formula is C20H26ClN7O4. The van der Waals surface area contributed by atoms with Gasteiger partial charge in [0.25, 0.3) is 0 Å². The van der Waals surface area contributed by atoms with Crippen molar-refractivity contribution in [3.05, 3.63) is 23.6 Å². The Morgan fingerprint density at radius 1 is 1.41 bits per heavy atom. The van der Waals surface area contributed by atoms with E-state index in [-0.39, 0.29) is 6.54 Å². The van der Waals surface area contributed by atoms with Crippen LogP contribution in [0.5, 0.6) is 5.88 Å². The van der Waals surface area contributed by atoms with Gasteiger partial charge >= 0.3 is 6.09 Å². The Bertz CT molecular complexity index is 1110. The van der Waals surface area contributed by atoms with Gasteiger partial charge in [-0.2, -0.15) is 15.1 Å². The fourth-order valence-corrected chi connectivity index (χ4v) is 3.49. The lowest BCUT2D eigenvalue weighted by atomic mass is 10.2.